The van der Waals surface area contributed by atoms with Crippen LogP contribution in [0, 0.1) is 20.8 Å². The number of amides is 1. The fourth-order valence-corrected chi connectivity index (χ4v) is 5.11. The Bertz CT molecular complexity index is 1430. The molecule has 0 radical (unpaired) electrons. The molecule has 184 valence electrons. The van der Waals surface area contributed by atoms with Crippen molar-refractivity contribution in [1.82, 2.24) is 14.5 Å². The standard InChI is InChI=1S/C26H29N3O6/c1-13-9-14(2)22(15(3)10-13)29-25(32)21(24(31)27-26(29)33)23-18-12-20(35-6)19(34-5)11-17(18)7-8-28(23)16(4)30/h9-12,23,32H,7-8H2,1-6H3,(H,27,31,33)/t23-/m0/s1. The number of benzene rings is 2. The number of hydrogen-bond donors (Lipinski definition) is 2. The van der Waals surface area contributed by atoms with Crippen LogP contribution in [-0.2, 0) is 11.2 Å². The summed E-state index contributed by atoms with van der Waals surface area (Å²) in [5, 5.41) is 11.5. The monoisotopic (exact) mass is 479 g/mol. The molecule has 0 bridgehead atoms. The van der Waals surface area contributed by atoms with Crippen LogP contribution in [-0.4, -0.2) is 46.2 Å². The van der Waals surface area contributed by atoms with Gasteiger partial charge in [0.2, 0.25) is 11.8 Å². The summed E-state index contributed by atoms with van der Waals surface area (Å²) < 4.78 is 12.0. The number of methoxy groups -OCH3 is 2. The first-order valence-corrected chi connectivity index (χ1v) is 11.3. The van der Waals surface area contributed by atoms with Crippen molar-refractivity contribution in [2.45, 2.75) is 40.2 Å². The van der Waals surface area contributed by atoms with Crippen molar-refractivity contribution < 1.29 is 19.4 Å². The summed E-state index contributed by atoms with van der Waals surface area (Å²) in [7, 11) is 3.03. The Balaban J connectivity index is 2.06. The van der Waals surface area contributed by atoms with Crippen molar-refractivity contribution in [2.24, 2.45) is 0 Å². The molecule has 9 heteroatoms. The number of hydrogen-bond acceptors (Lipinski definition) is 6. The van der Waals surface area contributed by atoms with E-state index in [4.69, 9.17) is 9.47 Å². The third-order valence-electron chi connectivity index (χ3n) is 6.53. The van der Waals surface area contributed by atoms with Crippen molar-refractivity contribution in [3.05, 3.63) is 78.5 Å². The van der Waals surface area contributed by atoms with Crippen LogP contribution in [0.5, 0.6) is 17.4 Å². The number of aromatic nitrogens is 2. The van der Waals surface area contributed by atoms with Gasteiger partial charge in [0, 0.05) is 13.5 Å². The molecule has 0 saturated carbocycles. The lowest BCUT2D eigenvalue weighted by Gasteiger charge is -2.37. The topological polar surface area (TPSA) is 114 Å². The third-order valence-corrected chi connectivity index (χ3v) is 6.53. The highest BCUT2D eigenvalue weighted by Crippen LogP contribution is 2.42. The smallest absolute Gasteiger partial charge is 0.335 e. The van der Waals surface area contributed by atoms with Crippen molar-refractivity contribution >= 4 is 5.91 Å². The van der Waals surface area contributed by atoms with E-state index in [0.29, 0.717) is 35.7 Å². The molecular formula is C26H29N3O6. The van der Waals surface area contributed by atoms with Crippen molar-refractivity contribution in [2.75, 3.05) is 20.8 Å². The van der Waals surface area contributed by atoms with E-state index in [1.807, 2.05) is 39.0 Å². The van der Waals surface area contributed by atoms with E-state index in [1.54, 1.807) is 6.07 Å². The maximum Gasteiger partial charge on any atom is 0.335 e. The van der Waals surface area contributed by atoms with Crippen LogP contribution in [0.15, 0.2) is 33.9 Å². The van der Waals surface area contributed by atoms with Crippen LogP contribution in [0.1, 0.15) is 46.3 Å². The second-order valence-electron chi connectivity index (χ2n) is 8.85. The molecule has 0 fully saturated rings. The Hall–Kier alpha value is -4.01. The highest BCUT2D eigenvalue weighted by Gasteiger charge is 2.37. The minimum Gasteiger partial charge on any atom is -0.494 e. The van der Waals surface area contributed by atoms with Gasteiger partial charge in [0.15, 0.2) is 11.5 Å². The number of aromatic hydroxyl groups is 1. The predicted molar refractivity (Wildman–Crippen MR) is 131 cm³/mol. The lowest BCUT2D eigenvalue weighted by Crippen LogP contribution is -2.43. The van der Waals surface area contributed by atoms with Gasteiger partial charge in [-0.15, -0.1) is 0 Å². The van der Waals surface area contributed by atoms with Gasteiger partial charge >= 0.3 is 5.69 Å². The minimum atomic E-state index is -0.933. The molecule has 2 N–H and O–H groups in total. The summed E-state index contributed by atoms with van der Waals surface area (Å²) in [6.07, 6.45) is 0.528. The number of rotatable bonds is 4. The molecular weight excluding hydrogens is 450 g/mol. The Morgan fingerprint density at radius 1 is 1.03 bits per heavy atom. The number of H-pyrrole nitrogens is 1. The van der Waals surface area contributed by atoms with Crippen molar-refractivity contribution in [3.8, 4) is 23.1 Å². The molecule has 0 spiro atoms. The zero-order chi connectivity index (χ0) is 25.6. The molecule has 1 aromatic heterocycles. The highest BCUT2D eigenvalue weighted by molar-refractivity contribution is 5.75. The second-order valence-corrected chi connectivity index (χ2v) is 8.85. The molecule has 0 unspecified atom stereocenters. The summed E-state index contributed by atoms with van der Waals surface area (Å²) in [5.74, 6) is 0.175. The average molecular weight is 480 g/mol. The van der Waals surface area contributed by atoms with Gasteiger partial charge in [-0.3, -0.25) is 14.6 Å². The van der Waals surface area contributed by atoms with Crippen LogP contribution in [0.2, 0.25) is 0 Å². The Kier molecular flexibility index (Phi) is 6.19. The number of carbonyl (C=O) groups is 1. The zero-order valence-electron chi connectivity index (χ0n) is 20.7. The number of nitrogens with one attached hydrogen (secondary N) is 1. The first kappa shape index (κ1) is 24.1. The van der Waals surface area contributed by atoms with Crippen LogP contribution >= 0.6 is 0 Å². The van der Waals surface area contributed by atoms with Crippen LogP contribution < -0.4 is 20.7 Å². The maximum atomic E-state index is 13.2. The normalized spacial score (nSPS) is 15.0. The Morgan fingerprint density at radius 3 is 2.20 bits per heavy atom. The van der Waals surface area contributed by atoms with Crippen LogP contribution in [0.4, 0.5) is 0 Å². The summed E-state index contributed by atoms with van der Waals surface area (Å²) in [6, 6.07) is 6.39. The number of fused-ring (bicyclic) bond motifs is 1. The molecule has 9 nitrogen and oxygen atoms in total. The summed E-state index contributed by atoms with van der Waals surface area (Å²) in [6.45, 7) is 7.34. The lowest BCUT2D eigenvalue weighted by atomic mass is 9.88. The van der Waals surface area contributed by atoms with E-state index in [0.717, 1.165) is 26.8 Å². The maximum absolute atomic E-state index is 13.2. The van der Waals surface area contributed by atoms with E-state index in [-0.39, 0.29) is 11.5 Å². The largest absolute Gasteiger partial charge is 0.494 e. The van der Waals surface area contributed by atoms with E-state index in [2.05, 4.69) is 4.98 Å². The first-order valence-electron chi connectivity index (χ1n) is 11.3. The highest BCUT2D eigenvalue weighted by atomic mass is 16.5. The number of carbonyl (C=O) groups excluding carboxylic acids is 1. The lowest BCUT2D eigenvalue weighted by molar-refractivity contribution is -0.130. The fourth-order valence-electron chi connectivity index (χ4n) is 5.11. The van der Waals surface area contributed by atoms with Gasteiger partial charge < -0.3 is 19.5 Å². The first-order chi connectivity index (χ1) is 16.6. The molecule has 1 aliphatic heterocycles. The Morgan fingerprint density at radius 2 is 1.63 bits per heavy atom. The van der Waals surface area contributed by atoms with Gasteiger partial charge in [-0.2, -0.15) is 0 Å². The predicted octanol–water partition coefficient (Wildman–Crippen LogP) is 2.67. The number of ether oxygens (including phenoxy) is 2. The molecule has 35 heavy (non-hydrogen) atoms. The van der Waals surface area contributed by atoms with E-state index < -0.39 is 23.2 Å². The molecule has 0 saturated heterocycles. The van der Waals surface area contributed by atoms with Crippen molar-refractivity contribution in [1.29, 1.82) is 0 Å². The SMILES string of the molecule is COc1cc2c(cc1OC)[C@@H](c1c(O)n(-c3c(C)cc(C)cc3C)c(=O)[nH]c1=O)N(C(C)=O)CC2. The van der Waals surface area contributed by atoms with Crippen LogP contribution in [0.3, 0.4) is 0 Å². The second kappa shape index (κ2) is 8.98. The van der Waals surface area contributed by atoms with Gasteiger partial charge in [0.25, 0.3) is 5.56 Å². The summed E-state index contributed by atoms with van der Waals surface area (Å²) in [4.78, 5) is 42.7. The number of aryl methyl sites for hydroxylation is 3. The molecule has 4 rings (SSSR count). The quantitative estimate of drug-likeness (QED) is 0.595. The van der Waals surface area contributed by atoms with Gasteiger partial charge in [0.1, 0.15) is 5.56 Å². The summed E-state index contributed by atoms with van der Waals surface area (Å²) >= 11 is 0. The average Bonchev–Trinajstić information content (AvgIpc) is 2.79. The Labute approximate surface area is 202 Å². The van der Waals surface area contributed by atoms with Crippen molar-refractivity contribution in [3.63, 3.8) is 0 Å². The molecule has 2 aromatic carbocycles. The molecule has 1 amide bonds. The van der Waals surface area contributed by atoms with Gasteiger partial charge in [-0.05, 0) is 61.6 Å². The fraction of sp³-hybridized carbons (Fsp3) is 0.346. The minimum absolute atomic E-state index is 0.0904. The third kappa shape index (κ3) is 3.96. The molecule has 1 aliphatic rings. The van der Waals surface area contributed by atoms with Crippen LogP contribution in [0.25, 0.3) is 5.69 Å². The summed E-state index contributed by atoms with van der Waals surface area (Å²) in [5.41, 5.74) is 2.87. The van der Waals surface area contributed by atoms with E-state index in [1.165, 1.54) is 26.0 Å². The van der Waals surface area contributed by atoms with Gasteiger partial charge in [-0.1, -0.05) is 17.7 Å². The number of aromatic amines is 1. The molecule has 3 aromatic rings. The van der Waals surface area contributed by atoms with Gasteiger partial charge in [-0.25, -0.2) is 9.36 Å². The zero-order valence-corrected chi connectivity index (χ0v) is 20.7. The van der Waals surface area contributed by atoms with E-state index in [9.17, 15) is 19.5 Å². The molecule has 1 atom stereocenters. The van der Waals surface area contributed by atoms with Gasteiger partial charge in [0.05, 0.1) is 25.9 Å². The number of nitrogens with zero attached hydrogens (tertiary/aromatic N) is 2. The molecule has 0 aliphatic carbocycles. The molecule has 2 heterocycles. The van der Waals surface area contributed by atoms with E-state index >= 15 is 0 Å².